The molecule has 0 aromatic heterocycles. The maximum absolute atomic E-state index is 10.3. The van der Waals surface area contributed by atoms with E-state index in [1.54, 1.807) is 6.92 Å². The van der Waals surface area contributed by atoms with E-state index < -0.39 is 30.5 Å². The van der Waals surface area contributed by atoms with Crippen molar-refractivity contribution in [3.05, 3.63) is 24.3 Å². The van der Waals surface area contributed by atoms with Gasteiger partial charge in [-0.2, -0.15) is 0 Å². The summed E-state index contributed by atoms with van der Waals surface area (Å²) in [5.41, 5.74) is 1.16. The van der Waals surface area contributed by atoms with Gasteiger partial charge in [-0.3, -0.25) is 4.90 Å². The molecule has 3 N–H and O–H groups in total. The summed E-state index contributed by atoms with van der Waals surface area (Å²) in [6.07, 6.45) is 11.8. The number of benzene rings is 1. The van der Waals surface area contributed by atoms with Crippen LogP contribution in [0, 0.1) is 12.3 Å². The summed E-state index contributed by atoms with van der Waals surface area (Å²) in [5, 5.41) is 30.3. The highest BCUT2D eigenvalue weighted by atomic mass is 16.5. The molecule has 202 valence electrons. The second-order valence-electron chi connectivity index (χ2n) is 10.3. The average molecular weight is 503 g/mol. The fraction of sp³-hybridized carbons (Fsp3) is 0.724. The van der Waals surface area contributed by atoms with Gasteiger partial charge in [-0.05, 0) is 31.9 Å². The first-order valence-electron chi connectivity index (χ1n) is 13.8. The topological polar surface area (TPSA) is 85.6 Å². The average Bonchev–Trinajstić information content (AvgIpc) is 2.90. The standard InChI is InChI=1S/C29H46N2O5/c1-3-4-5-6-7-8-9-10-11-12-20-35-25-15-13-14-24(21-25)31-18-16-30(17-19-31)22-26-28(33)29(34)27(32)23(2)36-26/h1,13-15,21,23,26-29,32-34H,4-12,16-20,22H2,2H3/t23?,26-,27+,28+,29-/m1/s1. The van der Waals surface area contributed by atoms with Crippen molar-refractivity contribution >= 4 is 5.69 Å². The van der Waals surface area contributed by atoms with Crippen LogP contribution < -0.4 is 9.64 Å². The number of unbranched alkanes of at least 4 members (excludes halogenated alkanes) is 8. The summed E-state index contributed by atoms with van der Waals surface area (Å²) in [4.78, 5) is 4.60. The fourth-order valence-electron chi connectivity index (χ4n) is 5.08. The number of aliphatic hydroxyl groups is 3. The van der Waals surface area contributed by atoms with Crippen LogP contribution in [0.15, 0.2) is 24.3 Å². The Bertz CT molecular complexity index is 792. The Morgan fingerprint density at radius 3 is 2.28 bits per heavy atom. The predicted molar refractivity (Wildman–Crippen MR) is 143 cm³/mol. The smallest absolute Gasteiger partial charge is 0.121 e. The van der Waals surface area contributed by atoms with Gasteiger partial charge in [0.05, 0.1) is 18.8 Å². The van der Waals surface area contributed by atoms with Crippen LogP contribution >= 0.6 is 0 Å². The second kappa shape index (κ2) is 15.4. The van der Waals surface area contributed by atoms with Crippen molar-refractivity contribution in [1.82, 2.24) is 4.90 Å². The lowest BCUT2D eigenvalue weighted by molar-refractivity contribution is -0.220. The fourth-order valence-corrected chi connectivity index (χ4v) is 5.08. The monoisotopic (exact) mass is 502 g/mol. The Labute approximate surface area is 217 Å². The van der Waals surface area contributed by atoms with E-state index in [0.717, 1.165) is 63.5 Å². The van der Waals surface area contributed by atoms with Crippen molar-refractivity contribution in [2.24, 2.45) is 0 Å². The Morgan fingerprint density at radius 2 is 1.58 bits per heavy atom. The minimum Gasteiger partial charge on any atom is -0.494 e. The van der Waals surface area contributed by atoms with Crippen LogP contribution in [0.2, 0.25) is 0 Å². The summed E-state index contributed by atoms with van der Waals surface area (Å²) in [5.74, 6) is 3.63. The van der Waals surface area contributed by atoms with Crippen molar-refractivity contribution in [3.63, 3.8) is 0 Å². The molecule has 0 radical (unpaired) electrons. The van der Waals surface area contributed by atoms with Crippen molar-refractivity contribution in [1.29, 1.82) is 0 Å². The Hall–Kier alpha value is -1.82. The van der Waals surface area contributed by atoms with Crippen molar-refractivity contribution in [2.45, 2.75) is 95.2 Å². The summed E-state index contributed by atoms with van der Waals surface area (Å²) >= 11 is 0. The molecule has 7 nitrogen and oxygen atoms in total. The van der Waals surface area contributed by atoms with E-state index in [4.69, 9.17) is 15.9 Å². The molecule has 1 aromatic rings. The van der Waals surface area contributed by atoms with E-state index in [2.05, 4.69) is 33.9 Å². The molecule has 0 aliphatic carbocycles. The van der Waals surface area contributed by atoms with E-state index in [1.807, 2.05) is 6.07 Å². The summed E-state index contributed by atoms with van der Waals surface area (Å²) < 4.78 is 11.8. The third kappa shape index (κ3) is 8.93. The van der Waals surface area contributed by atoms with Crippen molar-refractivity contribution in [3.8, 4) is 18.1 Å². The summed E-state index contributed by atoms with van der Waals surface area (Å²) in [6, 6.07) is 8.33. The Kier molecular flexibility index (Phi) is 12.3. The van der Waals surface area contributed by atoms with Gasteiger partial charge in [-0.1, -0.05) is 44.6 Å². The van der Waals surface area contributed by atoms with Gasteiger partial charge in [0.15, 0.2) is 0 Å². The van der Waals surface area contributed by atoms with Crippen molar-refractivity contribution < 1.29 is 24.8 Å². The number of hydrogen-bond acceptors (Lipinski definition) is 7. The molecule has 2 saturated heterocycles. The number of nitrogens with zero attached hydrogens (tertiary/aromatic N) is 2. The van der Waals surface area contributed by atoms with Gasteiger partial charge in [0.2, 0.25) is 0 Å². The summed E-state index contributed by atoms with van der Waals surface area (Å²) in [7, 11) is 0. The highest BCUT2D eigenvalue weighted by Gasteiger charge is 2.42. The molecule has 2 aliphatic heterocycles. The van der Waals surface area contributed by atoms with E-state index >= 15 is 0 Å². The third-order valence-corrected chi connectivity index (χ3v) is 7.43. The highest BCUT2D eigenvalue weighted by molar-refractivity contribution is 5.51. The second-order valence-corrected chi connectivity index (χ2v) is 10.3. The first-order valence-corrected chi connectivity index (χ1v) is 13.8. The number of ether oxygens (including phenoxy) is 2. The molecule has 2 fully saturated rings. The lowest BCUT2D eigenvalue weighted by Crippen LogP contribution is -2.60. The van der Waals surface area contributed by atoms with Gasteiger partial charge >= 0.3 is 0 Å². The van der Waals surface area contributed by atoms with Crippen LogP contribution in [-0.2, 0) is 4.74 Å². The maximum Gasteiger partial charge on any atom is 0.121 e. The lowest BCUT2D eigenvalue weighted by Gasteiger charge is -2.43. The van der Waals surface area contributed by atoms with Gasteiger partial charge in [0.25, 0.3) is 0 Å². The minimum absolute atomic E-state index is 0.494. The van der Waals surface area contributed by atoms with Crippen molar-refractivity contribution in [2.75, 3.05) is 44.2 Å². The van der Waals surface area contributed by atoms with E-state index in [0.29, 0.717) is 6.54 Å². The molecule has 7 heteroatoms. The minimum atomic E-state index is -1.17. The van der Waals surface area contributed by atoms with Crippen LogP contribution in [0.5, 0.6) is 5.75 Å². The molecule has 1 unspecified atom stereocenters. The SMILES string of the molecule is C#CCCCCCCCCCCOc1cccc(N2CCN(C[C@H]3OC(C)[C@H](O)[C@@H](O)[C@H]3O)CC2)c1. The van der Waals surface area contributed by atoms with E-state index in [1.165, 1.54) is 38.5 Å². The zero-order chi connectivity index (χ0) is 25.8. The number of hydrogen-bond donors (Lipinski definition) is 3. The number of rotatable bonds is 14. The number of anilines is 1. The predicted octanol–water partition coefficient (Wildman–Crippen LogP) is 3.20. The molecule has 5 atom stereocenters. The van der Waals surface area contributed by atoms with Gasteiger partial charge < -0.3 is 29.7 Å². The largest absolute Gasteiger partial charge is 0.494 e. The number of piperazine rings is 1. The normalized spacial score (nSPS) is 27.1. The zero-order valence-electron chi connectivity index (χ0n) is 21.9. The van der Waals surface area contributed by atoms with Crippen LogP contribution in [0.1, 0.15) is 64.7 Å². The quantitative estimate of drug-likeness (QED) is 0.266. The van der Waals surface area contributed by atoms with Gasteiger partial charge in [0.1, 0.15) is 24.1 Å². The van der Waals surface area contributed by atoms with Gasteiger partial charge in [-0.25, -0.2) is 0 Å². The molecule has 36 heavy (non-hydrogen) atoms. The first kappa shape index (κ1) is 28.7. The Balaban J connectivity index is 1.31. The van der Waals surface area contributed by atoms with E-state index in [9.17, 15) is 15.3 Å². The molecule has 0 amide bonds. The number of aliphatic hydroxyl groups excluding tert-OH is 3. The van der Waals surface area contributed by atoms with Crippen LogP contribution in [-0.4, -0.2) is 90.1 Å². The molecule has 3 rings (SSSR count). The van der Waals surface area contributed by atoms with E-state index in [-0.39, 0.29) is 0 Å². The molecule has 1 aromatic carbocycles. The van der Waals surface area contributed by atoms with Gasteiger partial charge in [-0.15, -0.1) is 12.3 Å². The molecule has 2 heterocycles. The molecule has 0 bridgehead atoms. The zero-order valence-corrected chi connectivity index (χ0v) is 21.9. The van der Waals surface area contributed by atoms with Gasteiger partial charge in [0, 0.05) is 50.9 Å². The highest BCUT2D eigenvalue weighted by Crippen LogP contribution is 2.25. The van der Waals surface area contributed by atoms with Crippen LogP contribution in [0.25, 0.3) is 0 Å². The molecule has 0 spiro atoms. The third-order valence-electron chi connectivity index (χ3n) is 7.43. The molecular formula is C29H46N2O5. The molecule has 2 aliphatic rings. The van der Waals surface area contributed by atoms with Crippen LogP contribution in [0.4, 0.5) is 5.69 Å². The number of terminal acetylenes is 1. The first-order chi connectivity index (χ1) is 17.5. The molecular weight excluding hydrogens is 456 g/mol. The molecule has 0 saturated carbocycles. The lowest BCUT2D eigenvalue weighted by atomic mass is 9.95. The van der Waals surface area contributed by atoms with Crippen LogP contribution in [0.3, 0.4) is 0 Å². The maximum atomic E-state index is 10.3. The summed E-state index contributed by atoms with van der Waals surface area (Å²) in [6.45, 7) is 6.44. The Morgan fingerprint density at radius 1 is 0.917 bits per heavy atom.